The van der Waals surface area contributed by atoms with Gasteiger partial charge in [0.05, 0.1) is 36.7 Å². The van der Waals surface area contributed by atoms with Crippen LogP contribution in [0, 0.1) is 27.9 Å². The van der Waals surface area contributed by atoms with Crippen LogP contribution in [0.4, 0.5) is 11.4 Å². The van der Waals surface area contributed by atoms with Crippen LogP contribution in [0.1, 0.15) is 31.2 Å². The number of carbonyl (C=O) groups is 4. The Morgan fingerprint density at radius 2 is 1.62 bits per heavy atom. The number of rotatable bonds is 5. The Kier molecular flexibility index (Phi) is 6.32. The van der Waals surface area contributed by atoms with Crippen LogP contribution in [-0.2, 0) is 19.2 Å². The highest BCUT2D eigenvalue weighted by molar-refractivity contribution is 6.25. The topological polar surface area (TPSA) is 153 Å². The largest absolute Gasteiger partial charge is 0.502 e. The van der Waals surface area contributed by atoms with Gasteiger partial charge in [-0.2, -0.15) is 0 Å². The number of amides is 2. The standard InChI is InChI=1S/C31H26N2O9/c1-14-10-22(34)21-13-20-18(25(27(21)28(14)35)15-11-23(41-2)29(36)24(12-15)42-3)8-9-19-26(20)31(38)32(30(19)37)16-4-6-17(7-5-16)33(39)40/h4-8,10-12,19-20,25-26,36H,9,13H2,1-3H3. The Hall–Kier alpha value is -5.06. The minimum absolute atomic E-state index is 0.104. The molecule has 2 amide bonds. The van der Waals surface area contributed by atoms with Crippen LogP contribution in [0.15, 0.2) is 70.8 Å². The number of phenolic OH excluding ortho intramolecular Hbond substituents is 1. The number of Topliss-reactive ketones (excluding diaryl/α,β-unsaturated/α-hetero) is 1. The summed E-state index contributed by atoms with van der Waals surface area (Å²) in [6.45, 7) is 1.58. The first kappa shape index (κ1) is 27.1. The maximum atomic E-state index is 14.0. The summed E-state index contributed by atoms with van der Waals surface area (Å²) < 4.78 is 10.7. The summed E-state index contributed by atoms with van der Waals surface area (Å²) in [4.78, 5) is 66.1. The van der Waals surface area contributed by atoms with Crippen molar-refractivity contribution in [3.05, 3.63) is 86.5 Å². The van der Waals surface area contributed by atoms with Crippen molar-refractivity contribution in [2.45, 2.75) is 25.7 Å². The number of carbonyl (C=O) groups excluding carboxylic acids is 4. The van der Waals surface area contributed by atoms with Crippen LogP contribution < -0.4 is 14.4 Å². The zero-order valence-corrected chi connectivity index (χ0v) is 23.0. The lowest BCUT2D eigenvalue weighted by Crippen LogP contribution is -2.39. The minimum Gasteiger partial charge on any atom is -0.502 e. The van der Waals surface area contributed by atoms with Gasteiger partial charge in [-0.05, 0) is 61.6 Å². The highest BCUT2D eigenvalue weighted by Crippen LogP contribution is 2.56. The highest BCUT2D eigenvalue weighted by Gasteiger charge is 2.56. The molecule has 4 atom stereocenters. The predicted molar refractivity (Wildman–Crippen MR) is 148 cm³/mol. The number of nitrogens with zero attached hydrogens (tertiary/aromatic N) is 2. The monoisotopic (exact) mass is 570 g/mol. The molecule has 0 radical (unpaired) electrons. The zero-order valence-electron chi connectivity index (χ0n) is 23.0. The van der Waals surface area contributed by atoms with E-state index in [1.54, 1.807) is 19.1 Å². The van der Waals surface area contributed by atoms with Crippen molar-refractivity contribution in [2.75, 3.05) is 19.1 Å². The third-order valence-corrected chi connectivity index (χ3v) is 8.72. The number of allylic oxidation sites excluding steroid dienone is 6. The summed E-state index contributed by atoms with van der Waals surface area (Å²) in [5.41, 5.74) is 2.21. The van der Waals surface area contributed by atoms with Crippen molar-refractivity contribution >= 4 is 34.8 Å². The molecule has 4 aliphatic rings. The van der Waals surface area contributed by atoms with Gasteiger partial charge in [0.2, 0.25) is 17.6 Å². The van der Waals surface area contributed by atoms with Crippen LogP contribution in [0.25, 0.3) is 0 Å². The molecule has 0 bridgehead atoms. The first-order chi connectivity index (χ1) is 20.1. The number of ketones is 2. The number of aromatic hydroxyl groups is 1. The number of fused-ring (bicyclic) bond motifs is 3. The number of phenols is 1. The maximum absolute atomic E-state index is 14.0. The van der Waals surface area contributed by atoms with E-state index in [0.717, 1.165) is 10.5 Å². The molecule has 42 heavy (non-hydrogen) atoms. The molecule has 2 aromatic carbocycles. The molecular weight excluding hydrogens is 544 g/mol. The van der Waals surface area contributed by atoms with E-state index in [1.807, 2.05) is 6.08 Å². The number of benzene rings is 2. The number of imide groups is 1. The lowest BCUT2D eigenvalue weighted by molar-refractivity contribution is -0.384. The van der Waals surface area contributed by atoms with Crippen LogP contribution in [0.3, 0.4) is 0 Å². The number of methoxy groups -OCH3 is 2. The Labute approximate surface area is 239 Å². The van der Waals surface area contributed by atoms with Gasteiger partial charge in [-0.25, -0.2) is 0 Å². The molecule has 0 spiro atoms. The van der Waals surface area contributed by atoms with Gasteiger partial charge in [0.1, 0.15) is 0 Å². The summed E-state index contributed by atoms with van der Waals surface area (Å²) in [5, 5.41) is 21.7. The van der Waals surface area contributed by atoms with E-state index in [9.17, 15) is 34.4 Å². The van der Waals surface area contributed by atoms with Gasteiger partial charge < -0.3 is 14.6 Å². The number of hydrogen-bond donors (Lipinski definition) is 1. The maximum Gasteiger partial charge on any atom is 0.269 e. The molecule has 2 aromatic rings. The van der Waals surface area contributed by atoms with E-state index < -0.39 is 40.4 Å². The fraction of sp³-hybridized carbons (Fsp3) is 0.290. The summed E-state index contributed by atoms with van der Waals surface area (Å²) >= 11 is 0. The second-order valence-electron chi connectivity index (χ2n) is 10.8. The minimum atomic E-state index is -0.806. The lowest BCUT2D eigenvalue weighted by Gasteiger charge is -2.42. The summed E-state index contributed by atoms with van der Waals surface area (Å²) in [5.74, 6) is -4.30. The summed E-state index contributed by atoms with van der Waals surface area (Å²) in [6.07, 6.45) is 3.51. The van der Waals surface area contributed by atoms with Crippen LogP contribution in [0.5, 0.6) is 17.2 Å². The molecule has 6 rings (SSSR count). The van der Waals surface area contributed by atoms with Gasteiger partial charge in [-0.1, -0.05) is 11.6 Å². The lowest BCUT2D eigenvalue weighted by atomic mass is 9.59. The van der Waals surface area contributed by atoms with Crippen LogP contribution >= 0.6 is 0 Å². The average molecular weight is 571 g/mol. The molecule has 0 saturated carbocycles. The first-order valence-electron chi connectivity index (χ1n) is 13.3. The van der Waals surface area contributed by atoms with Gasteiger partial charge in [-0.3, -0.25) is 34.2 Å². The Morgan fingerprint density at radius 1 is 0.976 bits per heavy atom. The SMILES string of the molecule is COc1cc(C2C3=CCC4C(=O)N(c5ccc([N+](=O)[O-])cc5)C(=O)C4C3CC3=C2C(=O)C(C)=CC3=O)cc(OC)c1O. The first-order valence-corrected chi connectivity index (χ1v) is 13.3. The molecule has 11 heteroatoms. The van der Waals surface area contributed by atoms with E-state index in [-0.39, 0.29) is 53.0 Å². The third-order valence-electron chi connectivity index (χ3n) is 8.72. The van der Waals surface area contributed by atoms with Crippen LogP contribution in [-0.4, -0.2) is 47.6 Å². The third kappa shape index (κ3) is 3.87. The van der Waals surface area contributed by atoms with E-state index in [0.29, 0.717) is 22.3 Å². The predicted octanol–water partition coefficient (Wildman–Crippen LogP) is 3.95. The van der Waals surface area contributed by atoms with Gasteiger partial charge in [0.15, 0.2) is 23.1 Å². The van der Waals surface area contributed by atoms with Gasteiger partial charge in [-0.15, -0.1) is 0 Å². The molecule has 1 N–H and O–H groups in total. The van der Waals surface area contributed by atoms with Gasteiger partial charge in [0.25, 0.3) is 5.69 Å². The molecule has 1 aliphatic heterocycles. The Morgan fingerprint density at radius 3 is 2.21 bits per heavy atom. The van der Waals surface area contributed by atoms with E-state index in [4.69, 9.17) is 9.47 Å². The number of nitro benzene ring substituents is 1. The molecule has 3 aliphatic carbocycles. The molecule has 1 fully saturated rings. The highest BCUT2D eigenvalue weighted by atomic mass is 16.6. The summed E-state index contributed by atoms with van der Waals surface area (Å²) in [6, 6.07) is 8.38. The molecular formula is C31H26N2O9. The number of anilines is 1. The number of non-ortho nitro benzene ring substituents is 1. The number of hydrogen-bond acceptors (Lipinski definition) is 9. The van der Waals surface area contributed by atoms with Gasteiger partial charge in [0, 0.05) is 34.8 Å². The molecule has 4 unspecified atom stereocenters. The summed E-state index contributed by atoms with van der Waals surface area (Å²) in [7, 11) is 2.77. The quantitative estimate of drug-likeness (QED) is 0.185. The van der Waals surface area contributed by atoms with Crippen molar-refractivity contribution in [1.82, 2.24) is 0 Å². The molecule has 11 nitrogen and oxygen atoms in total. The van der Waals surface area contributed by atoms with Crippen LogP contribution in [0.2, 0.25) is 0 Å². The molecule has 0 aromatic heterocycles. The smallest absolute Gasteiger partial charge is 0.269 e. The average Bonchev–Trinajstić information content (AvgIpc) is 3.24. The molecule has 1 saturated heterocycles. The van der Waals surface area contributed by atoms with E-state index >= 15 is 0 Å². The van der Waals surface area contributed by atoms with Crippen molar-refractivity contribution in [3.63, 3.8) is 0 Å². The van der Waals surface area contributed by atoms with Gasteiger partial charge >= 0.3 is 0 Å². The van der Waals surface area contributed by atoms with E-state index in [1.165, 1.54) is 44.6 Å². The number of nitro groups is 1. The van der Waals surface area contributed by atoms with E-state index in [2.05, 4.69) is 0 Å². The Balaban J connectivity index is 1.48. The number of ether oxygens (including phenoxy) is 2. The normalized spacial score (nSPS) is 25.0. The molecule has 1 heterocycles. The van der Waals surface area contributed by atoms with Crippen molar-refractivity contribution < 1.29 is 38.7 Å². The Bertz CT molecular complexity index is 1670. The second kappa shape index (κ2) is 9.79. The van der Waals surface area contributed by atoms with Crippen molar-refractivity contribution in [3.8, 4) is 17.2 Å². The zero-order chi connectivity index (χ0) is 30.0. The fourth-order valence-corrected chi connectivity index (χ4v) is 6.80. The van der Waals surface area contributed by atoms with Crippen molar-refractivity contribution in [2.24, 2.45) is 17.8 Å². The second-order valence-corrected chi connectivity index (χ2v) is 10.8. The molecule has 214 valence electrons. The fourth-order valence-electron chi connectivity index (χ4n) is 6.80. The van der Waals surface area contributed by atoms with Crippen molar-refractivity contribution in [1.29, 1.82) is 0 Å².